The van der Waals surface area contributed by atoms with Gasteiger partial charge in [-0.2, -0.15) is 0 Å². The second kappa shape index (κ2) is 7.40. The smallest absolute Gasteiger partial charge is 0.240 e. The van der Waals surface area contributed by atoms with Crippen LogP contribution in [-0.4, -0.2) is 20.4 Å². The van der Waals surface area contributed by atoms with Crippen LogP contribution in [0.4, 0.5) is 10.1 Å². The predicted octanol–water partition coefficient (Wildman–Crippen LogP) is 3.57. The maximum Gasteiger partial charge on any atom is 0.240 e. The highest BCUT2D eigenvalue weighted by Gasteiger charge is 2.45. The van der Waals surface area contributed by atoms with Crippen LogP contribution in [0.1, 0.15) is 38.7 Å². The van der Waals surface area contributed by atoms with Gasteiger partial charge >= 0.3 is 0 Å². The number of sulfonamides is 1. The molecule has 1 aliphatic carbocycles. The summed E-state index contributed by atoms with van der Waals surface area (Å²) in [6.45, 7) is 3.49. The third-order valence-electron chi connectivity index (χ3n) is 4.83. The molecule has 0 aliphatic heterocycles. The zero-order chi connectivity index (χ0) is 19.7. The van der Waals surface area contributed by atoms with E-state index in [1.54, 1.807) is 38.1 Å². The molecule has 2 aromatic carbocycles. The van der Waals surface area contributed by atoms with E-state index in [-0.39, 0.29) is 22.7 Å². The minimum absolute atomic E-state index is 0.137. The Morgan fingerprint density at radius 1 is 1.11 bits per heavy atom. The van der Waals surface area contributed by atoms with E-state index in [4.69, 9.17) is 0 Å². The standard InChI is InChI=1S/C20H23FN2O3S/c1-14(2)23-27(25,26)18-9-7-17(8-10-18)22-19(24)20(11-4-12-20)15-5-3-6-16(21)13-15/h3,5-10,13-14,23H,4,11-12H2,1-2H3,(H,22,24). The molecule has 0 heterocycles. The van der Waals surface area contributed by atoms with E-state index in [0.717, 1.165) is 6.42 Å². The van der Waals surface area contributed by atoms with Gasteiger partial charge in [-0.3, -0.25) is 4.79 Å². The van der Waals surface area contributed by atoms with Gasteiger partial charge in [0.05, 0.1) is 10.3 Å². The van der Waals surface area contributed by atoms with Crippen molar-refractivity contribution in [3.05, 3.63) is 59.9 Å². The third kappa shape index (κ3) is 4.04. The molecule has 1 fully saturated rings. The average molecular weight is 390 g/mol. The molecule has 2 N–H and O–H groups in total. The van der Waals surface area contributed by atoms with E-state index in [1.807, 2.05) is 0 Å². The maximum absolute atomic E-state index is 13.6. The quantitative estimate of drug-likeness (QED) is 0.792. The van der Waals surface area contributed by atoms with Gasteiger partial charge in [-0.25, -0.2) is 17.5 Å². The first-order valence-corrected chi connectivity index (χ1v) is 10.4. The fourth-order valence-corrected chi connectivity index (χ4v) is 4.56. The normalized spacial score (nSPS) is 16.0. The monoisotopic (exact) mass is 390 g/mol. The van der Waals surface area contributed by atoms with E-state index in [1.165, 1.54) is 24.3 Å². The number of carbonyl (C=O) groups excluding carboxylic acids is 1. The summed E-state index contributed by atoms with van der Waals surface area (Å²) in [7, 11) is -3.58. The summed E-state index contributed by atoms with van der Waals surface area (Å²) in [6, 6.07) is 12.0. The van der Waals surface area contributed by atoms with Crippen molar-refractivity contribution in [1.82, 2.24) is 4.72 Å². The zero-order valence-electron chi connectivity index (χ0n) is 15.3. The molecule has 1 saturated carbocycles. The van der Waals surface area contributed by atoms with Crippen molar-refractivity contribution in [2.75, 3.05) is 5.32 Å². The van der Waals surface area contributed by atoms with Gasteiger partial charge in [0.2, 0.25) is 15.9 Å². The number of anilines is 1. The van der Waals surface area contributed by atoms with E-state index in [9.17, 15) is 17.6 Å². The molecule has 27 heavy (non-hydrogen) atoms. The first kappa shape index (κ1) is 19.5. The van der Waals surface area contributed by atoms with Crippen molar-refractivity contribution < 1.29 is 17.6 Å². The molecular weight excluding hydrogens is 367 g/mol. The molecule has 2 aromatic rings. The van der Waals surface area contributed by atoms with Crippen molar-refractivity contribution >= 4 is 21.6 Å². The molecule has 0 spiro atoms. The van der Waals surface area contributed by atoms with Crippen molar-refractivity contribution in [1.29, 1.82) is 0 Å². The Morgan fingerprint density at radius 2 is 1.78 bits per heavy atom. The van der Waals surface area contributed by atoms with E-state index < -0.39 is 15.4 Å². The van der Waals surface area contributed by atoms with Crippen molar-refractivity contribution in [3.63, 3.8) is 0 Å². The number of amides is 1. The lowest BCUT2D eigenvalue weighted by molar-refractivity contribution is -0.124. The number of carbonyl (C=O) groups is 1. The summed E-state index contributed by atoms with van der Waals surface area (Å²) in [5.74, 6) is -0.561. The molecule has 1 amide bonds. The fraction of sp³-hybridized carbons (Fsp3) is 0.350. The predicted molar refractivity (Wildman–Crippen MR) is 102 cm³/mol. The molecule has 1 aliphatic rings. The average Bonchev–Trinajstić information content (AvgIpc) is 2.53. The first-order chi connectivity index (χ1) is 12.7. The van der Waals surface area contributed by atoms with Gasteiger partial charge < -0.3 is 5.32 Å². The first-order valence-electron chi connectivity index (χ1n) is 8.93. The van der Waals surface area contributed by atoms with Gasteiger partial charge in [0.1, 0.15) is 5.82 Å². The highest BCUT2D eigenvalue weighted by molar-refractivity contribution is 7.89. The second-order valence-corrected chi connectivity index (χ2v) is 8.91. The fourth-order valence-electron chi connectivity index (χ4n) is 3.31. The lowest BCUT2D eigenvalue weighted by Crippen LogP contribution is -2.46. The van der Waals surface area contributed by atoms with Crippen LogP contribution in [0.5, 0.6) is 0 Å². The molecule has 0 bridgehead atoms. The maximum atomic E-state index is 13.6. The molecular formula is C20H23FN2O3S. The van der Waals surface area contributed by atoms with Crippen LogP contribution in [0, 0.1) is 5.82 Å². The van der Waals surface area contributed by atoms with Gasteiger partial charge in [-0.1, -0.05) is 18.6 Å². The number of hydrogen-bond donors (Lipinski definition) is 2. The van der Waals surface area contributed by atoms with Gasteiger partial charge in [-0.15, -0.1) is 0 Å². The van der Waals surface area contributed by atoms with Crippen molar-refractivity contribution in [2.24, 2.45) is 0 Å². The van der Waals surface area contributed by atoms with E-state index >= 15 is 0 Å². The largest absolute Gasteiger partial charge is 0.325 e. The Bertz CT molecular complexity index is 936. The minimum Gasteiger partial charge on any atom is -0.325 e. The van der Waals surface area contributed by atoms with Crippen LogP contribution in [-0.2, 0) is 20.2 Å². The summed E-state index contributed by atoms with van der Waals surface area (Å²) >= 11 is 0. The number of benzene rings is 2. The molecule has 7 heteroatoms. The Hall–Kier alpha value is -2.25. The second-order valence-electron chi connectivity index (χ2n) is 7.20. The van der Waals surface area contributed by atoms with E-state index in [2.05, 4.69) is 10.0 Å². The van der Waals surface area contributed by atoms with Gasteiger partial charge in [-0.05, 0) is 68.7 Å². The lowest BCUT2D eigenvalue weighted by Gasteiger charge is -2.40. The number of hydrogen-bond acceptors (Lipinski definition) is 3. The molecule has 0 unspecified atom stereocenters. The Labute approximate surface area is 159 Å². The highest BCUT2D eigenvalue weighted by atomic mass is 32.2. The Kier molecular flexibility index (Phi) is 5.35. The Morgan fingerprint density at radius 3 is 2.30 bits per heavy atom. The van der Waals surface area contributed by atoms with Crippen LogP contribution in [0.25, 0.3) is 0 Å². The number of nitrogens with one attached hydrogen (secondary N) is 2. The number of rotatable bonds is 6. The van der Waals surface area contributed by atoms with Crippen molar-refractivity contribution in [2.45, 2.75) is 49.5 Å². The van der Waals surface area contributed by atoms with Gasteiger partial charge in [0.25, 0.3) is 0 Å². The summed E-state index contributed by atoms with van der Waals surface area (Å²) < 4.78 is 40.5. The summed E-state index contributed by atoms with van der Waals surface area (Å²) in [5.41, 5.74) is 0.448. The molecule has 0 saturated heterocycles. The Balaban J connectivity index is 1.78. The SMILES string of the molecule is CC(C)NS(=O)(=O)c1ccc(NC(=O)C2(c3cccc(F)c3)CCC2)cc1. The van der Waals surface area contributed by atoms with Crippen molar-refractivity contribution in [3.8, 4) is 0 Å². The summed E-state index contributed by atoms with van der Waals surface area (Å²) in [6.07, 6.45) is 2.22. The molecule has 0 aromatic heterocycles. The summed E-state index contributed by atoms with van der Waals surface area (Å²) in [5, 5.41) is 2.85. The van der Waals surface area contributed by atoms with E-state index in [0.29, 0.717) is 24.1 Å². The van der Waals surface area contributed by atoms with Crippen LogP contribution in [0.15, 0.2) is 53.4 Å². The van der Waals surface area contributed by atoms with Crippen LogP contribution < -0.4 is 10.0 Å². The topological polar surface area (TPSA) is 75.3 Å². The third-order valence-corrected chi connectivity index (χ3v) is 6.51. The molecule has 144 valence electrons. The molecule has 3 rings (SSSR count). The highest BCUT2D eigenvalue weighted by Crippen LogP contribution is 2.44. The molecule has 5 nitrogen and oxygen atoms in total. The van der Waals surface area contributed by atoms with Crippen LogP contribution in [0.3, 0.4) is 0 Å². The molecule has 0 radical (unpaired) electrons. The van der Waals surface area contributed by atoms with Crippen LogP contribution in [0.2, 0.25) is 0 Å². The zero-order valence-corrected chi connectivity index (χ0v) is 16.1. The van der Waals surface area contributed by atoms with Crippen LogP contribution >= 0.6 is 0 Å². The van der Waals surface area contributed by atoms with Gasteiger partial charge in [0.15, 0.2) is 0 Å². The number of halogens is 1. The lowest BCUT2D eigenvalue weighted by atomic mass is 9.63. The minimum atomic E-state index is -3.58. The van der Waals surface area contributed by atoms with Gasteiger partial charge in [0, 0.05) is 11.7 Å². The summed E-state index contributed by atoms with van der Waals surface area (Å²) in [4.78, 5) is 13.0. The molecule has 0 atom stereocenters.